The number of carboxylic acids is 1. The second-order valence-electron chi connectivity index (χ2n) is 4.24. The van der Waals surface area contributed by atoms with Gasteiger partial charge in [0.15, 0.2) is 5.69 Å². The first kappa shape index (κ1) is 13.5. The molecule has 0 radical (unpaired) electrons. The van der Waals surface area contributed by atoms with Crippen LogP contribution in [-0.4, -0.2) is 16.1 Å². The van der Waals surface area contributed by atoms with E-state index in [1.807, 2.05) is 0 Å². The monoisotopic (exact) mass is 251 g/mol. The largest absolute Gasteiger partial charge is 0.475 e. The molecule has 0 atom stereocenters. The number of carbonyl (C=O) groups is 1. The molecule has 17 heavy (non-hydrogen) atoms. The van der Waals surface area contributed by atoms with E-state index in [1.54, 1.807) is 20.8 Å². The van der Waals surface area contributed by atoms with Crippen molar-refractivity contribution in [1.82, 2.24) is 4.98 Å². The summed E-state index contributed by atoms with van der Waals surface area (Å²) < 4.78 is 42.3. The van der Waals surface area contributed by atoms with Gasteiger partial charge in [0, 0.05) is 5.41 Å². The van der Waals surface area contributed by atoms with Crippen LogP contribution in [0.4, 0.5) is 13.2 Å². The molecule has 4 nitrogen and oxygen atoms in total. The van der Waals surface area contributed by atoms with Gasteiger partial charge in [0.25, 0.3) is 0 Å². The number of halogens is 3. The van der Waals surface area contributed by atoms with Crippen molar-refractivity contribution in [3.05, 3.63) is 17.3 Å². The SMILES string of the molecule is CCC(C)(C)c1nc(C(F)(F)F)c(C(=O)O)o1. The molecule has 0 aliphatic heterocycles. The number of carboxylic acid groups (broad SMARTS) is 1. The van der Waals surface area contributed by atoms with Crippen LogP contribution in [0.3, 0.4) is 0 Å². The molecule has 1 N–H and O–H groups in total. The normalized spacial score (nSPS) is 12.8. The first-order chi connectivity index (χ1) is 7.59. The lowest BCUT2D eigenvalue weighted by atomic mass is 9.90. The van der Waals surface area contributed by atoms with Gasteiger partial charge in [-0.05, 0) is 6.42 Å². The number of aromatic nitrogens is 1. The van der Waals surface area contributed by atoms with Gasteiger partial charge in [0.2, 0.25) is 11.7 Å². The Bertz CT molecular complexity index is 434. The van der Waals surface area contributed by atoms with Gasteiger partial charge in [0.1, 0.15) is 0 Å². The van der Waals surface area contributed by atoms with Gasteiger partial charge in [-0.15, -0.1) is 0 Å². The molecule has 0 fully saturated rings. The minimum atomic E-state index is -4.83. The first-order valence-electron chi connectivity index (χ1n) is 4.91. The van der Waals surface area contributed by atoms with E-state index in [4.69, 9.17) is 9.52 Å². The van der Waals surface area contributed by atoms with Crippen LogP contribution in [0.15, 0.2) is 4.42 Å². The van der Waals surface area contributed by atoms with E-state index in [0.717, 1.165) is 0 Å². The standard InChI is InChI=1S/C10H12F3NO3/c1-4-9(2,3)8-14-6(10(11,12)13)5(17-8)7(15)16/h4H2,1-3H3,(H,15,16). The van der Waals surface area contributed by atoms with Crippen LogP contribution in [0.2, 0.25) is 0 Å². The van der Waals surface area contributed by atoms with E-state index < -0.39 is 29.0 Å². The minimum Gasteiger partial charge on any atom is -0.475 e. The molecule has 96 valence electrons. The fourth-order valence-corrected chi connectivity index (χ4v) is 1.10. The molecule has 0 spiro atoms. The van der Waals surface area contributed by atoms with Crippen molar-refractivity contribution < 1.29 is 27.5 Å². The lowest BCUT2D eigenvalue weighted by Gasteiger charge is -2.17. The fraction of sp³-hybridized carbons (Fsp3) is 0.600. The highest BCUT2D eigenvalue weighted by molar-refractivity contribution is 5.85. The maximum Gasteiger partial charge on any atom is 0.437 e. The van der Waals surface area contributed by atoms with Gasteiger partial charge in [-0.25, -0.2) is 9.78 Å². The Morgan fingerprint density at radius 1 is 1.41 bits per heavy atom. The molecule has 1 aromatic heterocycles. The highest BCUT2D eigenvalue weighted by Gasteiger charge is 2.42. The van der Waals surface area contributed by atoms with Crippen LogP contribution < -0.4 is 0 Å². The lowest BCUT2D eigenvalue weighted by Crippen LogP contribution is -2.17. The number of hydrogen-bond acceptors (Lipinski definition) is 3. The second-order valence-corrected chi connectivity index (χ2v) is 4.24. The number of rotatable bonds is 3. The van der Waals surface area contributed by atoms with Crippen molar-refractivity contribution in [3.8, 4) is 0 Å². The molecule has 1 aromatic rings. The van der Waals surface area contributed by atoms with Gasteiger partial charge in [-0.2, -0.15) is 13.2 Å². The Kier molecular flexibility index (Phi) is 3.22. The van der Waals surface area contributed by atoms with Gasteiger partial charge in [0.05, 0.1) is 0 Å². The molecule has 0 bridgehead atoms. The van der Waals surface area contributed by atoms with Crippen molar-refractivity contribution in [1.29, 1.82) is 0 Å². The van der Waals surface area contributed by atoms with E-state index in [9.17, 15) is 18.0 Å². The average Bonchev–Trinajstić information content (AvgIpc) is 2.61. The van der Waals surface area contributed by atoms with Crippen molar-refractivity contribution >= 4 is 5.97 Å². The van der Waals surface area contributed by atoms with Crippen LogP contribution in [0.5, 0.6) is 0 Å². The van der Waals surface area contributed by atoms with Crippen LogP contribution in [0, 0.1) is 0 Å². The van der Waals surface area contributed by atoms with E-state index >= 15 is 0 Å². The highest BCUT2D eigenvalue weighted by atomic mass is 19.4. The number of nitrogens with zero attached hydrogens (tertiary/aromatic N) is 1. The Hall–Kier alpha value is -1.53. The Morgan fingerprint density at radius 3 is 2.24 bits per heavy atom. The Balaban J connectivity index is 3.37. The van der Waals surface area contributed by atoms with E-state index in [0.29, 0.717) is 6.42 Å². The van der Waals surface area contributed by atoms with Gasteiger partial charge >= 0.3 is 12.1 Å². The van der Waals surface area contributed by atoms with E-state index in [1.165, 1.54) is 0 Å². The average molecular weight is 251 g/mol. The van der Waals surface area contributed by atoms with Gasteiger partial charge in [-0.3, -0.25) is 0 Å². The van der Waals surface area contributed by atoms with Crippen LogP contribution in [0.1, 0.15) is 49.3 Å². The van der Waals surface area contributed by atoms with Gasteiger partial charge in [-0.1, -0.05) is 20.8 Å². The smallest absolute Gasteiger partial charge is 0.437 e. The summed E-state index contributed by atoms with van der Waals surface area (Å²) in [5.41, 5.74) is -2.23. The molecule has 0 saturated heterocycles. The number of alkyl halides is 3. The van der Waals surface area contributed by atoms with Crippen LogP contribution in [-0.2, 0) is 11.6 Å². The lowest BCUT2D eigenvalue weighted by molar-refractivity contribution is -0.141. The van der Waals surface area contributed by atoms with Crippen molar-refractivity contribution in [3.63, 3.8) is 0 Å². The number of aromatic carboxylic acids is 1. The summed E-state index contributed by atoms with van der Waals surface area (Å²) in [7, 11) is 0. The van der Waals surface area contributed by atoms with Crippen molar-refractivity contribution in [2.24, 2.45) is 0 Å². The zero-order chi connectivity index (χ0) is 13.4. The Morgan fingerprint density at radius 2 is 1.94 bits per heavy atom. The van der Waals surface area contributed by atoms with Crippen molar-refractivity contribution in [2.45, 2.75) is 38.8 Å². The molecule has 0 aliphatic rings. The molecule has 1 rings (SSSR count). The molecule has 0 aromatic carbocycles. The molecular formula is C10H12F3NO3. The zero-order valence-electron chi connectivity index (χ0n) is 9.55. The predicted molar refractivity (Wildman–Crippen MR) is 51.8 cm³/mol. The fourth-order valence-electron chi connectivity index (χ4n) is 1.10. The summed E-state index contributed by atoms with van der Waals surface area (Å²) in [6, 6.07) is 0. The highest BCUT2D eigenvalue weighted by Crippen LogP contribution is 2.35. The third-order valence-electron chi connectivity index (χ3n) is 2.55. The molecule has 0 amide bonds. The summed E-state index contributed by atoms with van der Waals surface area (Å²) >= 11 is 0. The Labute approximate surface area is 95.5 Å². The summed E-state index contributed by atoms with van der Waals surface area (Å²) in [5, 5.41) is 8.65. The third kappa shape index (κ3) is 2.59. The number of hydrogen-bond donors (Lipinski definition) is 1. The molecule has 1 heterocycles. The summed E-state index contributed by atoms with van der Waals surface area (Å²) in [6.45, 7) is 5.01. The third-order valence-corrected chi connectivity index (χ3v) is 2.55. The predicted octanol–water partition coefficient (Wildman–Crippen LogP) is 3.08. The van der Waals surface area contributed by atoms with Gasteiger partial charge < -0.3 is 9.52 Å². The van der Waals surface area contributed by atoms with Crippen LogP contribution >= 0.6 is 0 Å². The minimum absolute atomic E-state index is 0.218. The van der Waals surface area contributed by atoms with E-state index in [2.05, 4.69) is 4.98 Å². The van der Waals surface area contributed by atoms with Crippen molar-refractivity contribution in [2.75, 3.05) is 0 Å². The topological polar surface area (TPSA) is 63.3 Å². The summed E-state index contributed by atoms with van der Waals surface area (Å²) in [4.78, 5) is 13.9. The first-order valence-corrected chi connectivity index (χ1v) is 4.91. The maximum atomic E-state index is 12.5. The second kappa shape index (κ2) is 4.05. The number of oxazole rings is 1. The summed E-state index contributed by atoms with van der Waals surface area (Å²) in [6.07, 6.45) is -4.36. The maximum absolute atomic E-state index is 12.5. The molecule has 0 aliphatic carbocycles. The van der Waals surface area contributed by atoms with Crippen LogP contribution in [0.25, 0.3) is 0 Å². The molecular weight excluding hydrogens is 239 g/mol. The van der Waals surface area contributed by atoms with E-state index in [-0.39, 0.29) is 5.89 Å². The molecule has 0 saturated carbocycles. The molecule has 7 heteroatoms. The quantitative estimate of drug-likeness (QED) is 0.896. The molecule has 0 unspecified atom stereocenters. The summed E-state index contributed by atoms with van der Waals surface area (Å²) in [5.74, 6) is -3.15. The zero-order valence-corrected chi connectivity index (χ0v) is 9.55.